The van der Waals surface area contributed by atoms with Gasteiger partial charge in [0.2, 0.25) is 0 Å². The molecule has 1 unspecified atom stereocenters. The van der Waals surface area contributed by atoms with Crippen molar-refractivity contribution >= 4 is 16.9 Å². The fourth-order valence-electron chi connectivity index (χ4n) is 8.07. The van der Waals surface area contributed by atoms with Gasteiger partial charge in [0.25, 0.3) is 0 Å². The smallest absolute Gasteiger partial charge is 0.167 e. The van der Waals surface area contributed by atoms with Crippen LogP contribution in [0.5, 0.6) is 0 Å². The minimum absolute atomic E-state index is 0.205. The number of allylic oxidation sites excluding steroid dienone is 7. The molecule has 0 saturated heterocycles. The van der Waals surface area contributed by atoms with Crippen LogP contribution in [0.4, 0.5) is 20.2 Å². The molecule has 0 radical (unpaired) electrons. The van der Waals surface area contributed by atoms with Crippen molar-refractivity contribution in [2.75, 3.05) is 22.9 Å². The number of nitrogens with zero attached hydrogens (tertiary/aromatic N) is 2. The number of hydrogen-bond donors (Lipinski definition) is 1. The van der Waals surface area contributed by atoms with Crippen molar-refractivity contribution in [3.05, 3.63) is 136 Å². The second kappa shape index (κ2) is 12.6. The summed E-state index contributed by atoms with van der Waals surface area (Å²) in [4.78, 5) is 4.49. The van der Waals surface area contributed by atoms with Crippen molar-refractivity contribution < 1.29 is 13.9 Å². The third-order valence-corrected chi connectivity index (χ3v) is 10.6. The Labute approximate surface area is 279 Å². The molecular formula is C42H48F2N2O. The summed E-state index contributed by atoms with van der Waals surface area (Å²) >= 11 is 0. The Bertz CT molecular complexity index is 1800. The van der Waals surface area contributed by atoms with Crippen molar-refractivity contribution in [3.8, 4) is 0 Å². The molecule has 5 heteroatoms. The van der Waals surface area contributed by atoms with E-state index in [1.54, 1.807) is 12.1 Å². The predicted molar refractivity (Wildman–Crippen MR) is 192 cm³/mol. The Kier molecular flexibility index (Phi) is 8.82. The Balaban J connectivity index is 1.50. The lowest BCUT2D eigenvalue weighted by Gasteiger charge is -2.41. The molecule has 0 fully saturated rings. The van der Waals surface area contributed by atoms with E-state index in [0.717, 1.165) is 60.2 Å². The van der Waals surface area contributed by atoms with Crippen molar-refractivity contribution in [1.82, 2.24) is 0 Å². The molecule has 2 aliphatic heterocycles. The number of anilines is 2. The van der Waals surface area contributed by atoms with Gasteiger partial charge in [-0.3, -0.25) is 0 Å². The van der Waals surface area contributed by atoms with Gasteiger partial charge >= 0.3 is 0 Å². The van der Waals surface area contributed by atoms with Gasteiger partial charge in [0, 0.05) is 46.6 Å². The van der Waals surface area contributed by atoms with E-state index in [0.29, 0.717) is 13.0 Å². The monoisotopic (exact) mass is 634 g/mol. The van der Waals surface area contributed by atoms with E-state index in [9.17, 15) is 9.50 Å². The lowest BCUT2D eigenvalue weighted by molar-refractivity contribution is 0.0295. The van der Waals surface area contributed by atoms with Crippen LogP contribution in [0.3, 0.4) is 0 Å². The fraction of sp³-hybridized carbons (Fsp3) is 0.381. The van der Waals surface area contributed by atoms with Crippen LogP contribution in [-0.4, -0.2) is 23.9 Å². The molecule has 0 spiro atoms. The van der Waals surface area contributed by atoms with Gasteiger partial charge in [0.1, 0.15) is 0 Å². The molecule has 1 aliphatic carbocycles. The highest BCUT2D eigenvalue weighted by atomic mass is 19.2. The summed E-state index contributed by atoms with van der Waals surface area (Å²) < 4.78 is 30.5. The summed E-state index contributed by atoms with van der Waals surface area (Å²) in [7, 11) is 0. The predicted octanol–water partition coefficient (Wildman–Crippen LogP) is 10.4. The maximum Gasteiger partial charge on any atom is 0.167 e. The fourth-order valence-corrected chi connectivity index (χ4v) is 8.07. The molecule has 1 atom stereocenters. The first-order chi connectivity index (χ1) is 22.5. The highest BCUT2D eigenvalue weighted by molar-refractivity contribution is 5.85. The molecule has 0 amide bonds. The Morgan fingerprint density at radius 3 is 2.19 bits per heavy atom. The summed E-state index contributed by atoms with van der Waals surface area (Å²) in [6.45, 7) is 14.6. The van der Waals surface area contributed by atoms with Gasteiger partial charge in [0.15, 0.2) is 17.4 Å². The lowest BCUT2D eigenvalue weighted by Crippen LogP contribution is -2.54. The van der Waals surface area contributed by atoms with Gasteiger partial charge in [-0.1, -0.05) is 102 Å². The van der Waals surface area contributed by atoms with Gasteiger partial charge in [-0.15, -0.1) is 0 Å². The first kappa shape index (κ1) is 33.0. The minimum atomic E-state index is -1.30. The zero-order valence-electron chi connectivity index (χ0n) is 28.7. The Morgan fingerprint density at radius 2 is 1.47 bits per heavy atom. The third-order valence-electron chi connectivity index (χ3n) is 10.6. The number of hydrogen-bond acceptors (Lipinski definition) is 3. The largest absolute Gasteiger partial charge is 0.366 e. The molecular weight excluding hydrogens is 586 g/mol. The van der Waals surface area contributed by atoms with Crippen LogP contribution in [0, 0.1) is 11.6 Å². The normalized spacial score (nSPS) is 23.3. The van der Waals surface area contributed by atoms with E-state index >= 15 is 4.39 Å². The quantitative estimate of drug-likeness (QED) is 0.267. The zero-order valence-corrected chi connectivity index (χ0v) is 28.7. The van der Waals surface area contributed by atoms with Crippen molar-refractivity contribution in [3.63, 3.8) is 0 Å². The highest BCUT2D eigenvalue weighted by Crippen LogP contribution is 2.52. The average Bonchev–Trinajstić information content (AvgIpc) is 3.37. The van der Waals surface area contributed by atoms with Gasteiger partial charge in [-0.25, -0.2) is 8.78 Å². The van der Waals surface area contributed by atoms with Crippen LogP contribution in [0.2, 0.25) is 0 Å². The van der Waals surface area contributed by atoms with Crippen LogP contribution in [0.1, 0.15) is 90.3 Å². The molecule has 6 rings (SSSR count). The first-order valence-electron chi connectivity index (χ1n) is 17.2. The van der Waals surface area contributed by atoms with Gasteiger partial charge in [-0.2, -0.15) is 0 Å². The van der Waals surface area contributed by atoms with Gasteiger partial charge in [-0.05, 0) is 90.3 Å². The molecule has 0 aromatic heterocycles. The summed E-state index contributed by atoms with van der Waals surface area (Å²) in [5.41, 5.74) is 6.62. The van der Waals surface area contributed by atoms with Crippen LogP contribution in [0.15, 0.2) is 108 Å². The van der Waals surface area contributed by atoms with Gasteiger partial charge in [0.05, 0.1) is 0 Å². The van der Waals surface area contributed by atoms with E-state index in [-0.39, 0.29) is 11.0 Å². The van der Waals surface area contributed by atoms with Crippen molar-refractivity contribution in [1.29, 1.82) is 0 Å². The van der Waals surface area contributed by atoms with E-state index in [4.69, 9.17) is 0 Å². The van der Waals surface area contributed by atoms with Crippen LogP contribution in [0.25, 0.3) is 5.57 Å². The maximum absolute atomic E-state index is 15.7. The third kappa shape index (κ3) is 5.37. The molecule has 3 aromatic rings. The van der Waals surface area contributed by atoms with Crippen molar-refractivity contribution in [2.24, 2.45) is 0 Å². The highest BCUT2D eigenvalue weighted by Gasteiger charge is 2.54. The number of para-hydroxylation sites is 2. The average molecular weight is 635 g/mol. The van der Waals surface area contributed by atoms with E-state index in [1.165, 1.54) is 23.0 Å². The lowest BCUT2D eigenvalue weighted by atomic mass is 9.76. The number of fused-ring (bicyclic) bond motifs is 2. The molecule has 47 heavy (non-hydrogen) atoms. The van der Waals surface area contributed by atoms with Crippen LogP contribution in [-0.2, 0) is 10.8 Å². The Morgan fingerprint density at radius 1 is 0.787 bits per heavy atom. The minimum Gasteiger partial charge on any atom is -0.366 e. The molecule has 246 valence electrons. The summed E-state index contributed by atoms with van der Waals surface area (Å²) in [6.07, 6.45) is 12.4. The van der Waals surface area contributed by atoms with E-state index in [2.05, 4.69) is 99.9 Å². The molecule has 2 heterocycles. The number of halogens is 2. The molecule has 1 N–H and O–H groups in total. The van der Waals surface area contributed by atoms with Crippen LogP contribution < -0.4 is 9.80 Å². The number of rotatable bonds is 8. The van der Waals surface area contributed by atoms with Crippen molar-refractivity contribution in [2.45, 2.75) is 90.2 Å². The molecule has 3 aliphatic rings. The maximum atomic E-state index is 15.7. The summed E-state index contributed by atoms with van der Waals surface area (Å²) in [5, 5.41) is 12.5. The SMILES string of the molecule is CCCN1C(=CC=C2CCCC(C=CC3(O)N(CCC)c4ccccc4C3(C)C)=C2c2cccc(F)c2F)C(C)(C)c2ccccc21. The Hall–Kier alpha value is -3.96. The zero-order chi connectivity index (χ0) is 33.6. The molecule has 0 saturated carbocycles. The topological polar surface area (TPSA) is 26.7 Å². The molecule has 3 aromatic carbocycles. The second-order valence-corrected chi connectivity index (χ2v) is 14.2. The number of benzene rings is 3. The molecule has 0 bridgehead atoms. The first-order valence-corrected chi connectivity index (χ1v) is 17.2. The summed E-state index contributed by atoms with van der Waals surface area (Å²) in [5.74, 6) is -1.70. The van der Waals surface area contributed by atoms with Crippen LogP contribution >= 0.6 is 0 Å². The standard InChI is InChI=1S/C42H48F2N2O/c1-7-27-45-35-21-11-9-18-32(35)40(3,4)37(45)24-23-29-15-13-16-30(38(29)31-17-14-20-34(43)39(31)44)25-26-42(47)41(5,6)33-19-10-12-22-36(33)46(42)28-8-2/h9-12,14,17-26,47H,7-8,13,15-16,27-28H2,1-6H3. The van der Waals surface area contributed by atoms with Gasteiger partial charge < -0.3 is 14.9 Å². The summed E-state index contributed by atoms with van der Waals surface area (Å²) in [6, 6.07) is 21.2. The van der Waals surface area contributed by atoms with E-state index < -0.39 is 22.8 Å². The number of aliphatic hydroxyl groups is 1. The second-order valence-electron chi connectivity index (χ2n) is 14.2. The molecule has 3 nitrogen and oxygen atoms in total. The van der Waals surface area contributed by atoms with E-state index in [1.807, 2.05) is 24.3 Å².